The van der Waals surface area contributed by atoms with Gasteiger partial charge in [-0.15, -0.1) is 0 Å². The van der Waals surface area contributed by atoms with Gasteiger partial charge < -0.3 is 30.3 Å². The molecular weight excluding hydrogens is 647 g/mol. The molecule has 0 aromatic heterocycles. The Morgan fingerprint density at radius 2 is 1.94 bits per heavy atom. The van der Waals surface area contributed by atoms with Crippen LogP contribution in [-0.2, 0) is 31.4 Å². The highest BCUT2D eigenvalue weighted by atomic mass is 35.5. The molecule has 0 saturated carbocycles. The van der Waals surface area contributed by atoms with Gasteiger partial charge in [0.25, 0.3) is 0 Å². The minimum absolute atomic E-state index is 0.0711. The number of benzene rings is 2. The zero-order valence-corrected chi connectivity index (χ0v) is 28.9. The van der Waals surface area contributed by atoms with Gasteiger partial charge in [-0.25, -0.2) is 17.6 Å². The van der Waals surface area contributed by atoms with E-state index in [9.17, 15) is 18.0 Å². The summed E-state index contributed by atoms with van der Waals surface area (Å²) >= 11 is 6.18. The molecule has 2 amide bonds. The van der Waals surface area contributed by atoms with E-state index in [0.717, 1.165) is 44.3 Å². The maximum atomic E-state index is 15.3. The highest BCUT2D eigenvalue weighted by Crippen LogP contribution is 2.31. The van der Waals surface area contributed by atoms with E-state index in [1.165, 1.54) is 13.2 Å². The zero-order chi connectivity index (χ0) is 33.8. The van der Waals surface area contributed by atoms with Gasteiger partial charge in [0.05, 0.1) is 13.2 Å². The third-order valence-electron chi connectivity index (χ3n) is 9.29. The number of hydrogen-bond acceptors (Lipinski definition) is 8. The van der Waals surface area contributed by atoms with Gasteiger partial charge in [-0.2, -0.15) is 0 Å². The normalized spacial score (nSPS) is 21.6. The van der Waals surface area contributed by atoms with Crippen LogP contribution in [0.5, 0.6) is 0 Å². The first-order valence-electron chi connectivity index (χ1n) is 16.5. The molecule has 47 heavy (non-hydrogen) atoms. The molecule has 2 saturated heterocycles. The van der Waals surface area contributed by atoms with Crippen LogP contribution in [0.15, 0.2) is 42.5 Å². The van der Waals surface area contributed by atoms with Crippen molar-refractivity contribution >= 4 is 40.0 Å². The number of piperazine rings is 1. The molecule has 2 aromatic carbocycles. The Morgan fingerprint density at radius 1 is 1.15 bits per heavy atom. The molecule has 2 aromatic rings. The second-order valence-electron chi connectivity index (χ2n) is 12.5. The molecule has 2 fully saturated rings. The second kappa shape index (κ2) is 18.7. The van der Waals surface area contributed by atoms with E-state index in [0.29, 0.717) is 55.0 Å². The number of ether oxygens (including phenoxy) is 2. The first-order chi connectivity index (χ1) is 22.6. The number of carbonyl (C=O) groups excluding carboxylic acids is 2. The molecule has 4 rings (SSSR count). The van der Waals surface area contributed by atoms with E-state index in [1.54, 1.807) is 24.3 Å². The summed E-state index contributed by atoms with van der Waals surface area (Å²) in [5.74, 6) is -1.14. The van der Waals surface area contributed by atoms with Crippen molar-refractivity contribution in [2.24, 2.45) is 0 Å². The van der Waals surface area contributed by atoms with Gasteiger partial charge in [0.1, 0.15) is 22.6 Å². The summed E-state index contributed by atoms with van der Waals surface area (Å²) in [4.78, 5) is 28.8. The van der Waals surface area contributed by atoms with Crippen molar-refractivity contribution < 1.29 is 31.9 Å². The number of nitrogens with one attached hydrogen (secondary N) is 3. The molecule has 0 bridgehead atoms. The number of nitrogens with zero attached hydrogens (tertiary/aromatic N) is 1. The average molecular weight is 695 g/mol. The second-order valence-corrected chi connectivity index (χ2v) is 14.1. The Hall–Kier alpha value is -2.77. The molecule has 3 N–H and O–H groups in total. The standard InChI is InChI=1S/C34H48ClFN4O6S/c1-40-22-25(37-21-26(40)7-6-20-47(43)44)15-17-29-30(36)9-5-10-31(29)38-33(41)32(39-34(42)45-2)28(23-11-13-24(35)14-12-23)18-16-27-8-3-4-19-46-27/h5,9-14,25-28,32,37,47H,3-4,6-8,15-22H2,1-2H3,(H,38,41)(H,39,42)/t25?,26?,27?,28-,32+/m1/s1. The van der Waals surface area contributed by atoms with Crippen LogP contribution in [0.4, 0.5) is 14.9 Å². The van der Waals surface area contributed by atoms with Crippen molar-refractivity contribution in [1.29, 1.82) is 0 Å². The van der Waals surface area contributed by atoms with E-state index in [4.69, 9.17) is 21.1 Å². The van der Waals surface area contributed by atoms with Crippen LogP contribution in [0.3, 0.4) is 0 Å². The fourth-order valence-corrected chi connectivity index (χ4v) is 7.19. The first kappa shape index (κ1) is 37.1. The Morgan fingerprint density at radius 3 is 2.62 bits per heavy atom. The van der Waals surface area contributed by atoms with Crippen molar-refractivity contribution in [3.8, 4) is 0 Å². The molecule has 0 spiro atoms. The smallest absolute Gasteiger partial charge is 0.407 e. The topological polar surface area (TPSA) is 126 Å². The summed E-state index contributed by atoms with van der Waals surface area (Å²) in [6.07, 6.45) is 6.06. The highest BCUT2D eigenvalue weighted by molar-refractivity contribution is 7.72. The summed E-state index contributed by atoms with van der Waals surface area (Å²) in [6.45, 7) is 2.17. The first-order valence-corrected chi connectivity index (χ1v) is 18.2. The van der Waals surface area contributed by atoms with E-state index in [-0.39, 0.29) is 23.9 Å². The SMILES string of the molecule is COC(=O)N[C@H](C(=O)Nc1cccc(F)c1CCC1CN(C)C(CCC[SH](=O)=O)CN1)[C@H](CCC1CCCCO1)c1ccc(Cl)cc1. The van der Waals surface area contributed by atoms with Crippen LogP contribution in [0, 0.1) is 5.82 Å². The van der Waals surface area contributed by atoms with Gasteiger partial charge in [0, 0.05) is 59.7 Å². The number of alkyl carbamates (subject to hydrolysis) is 1. The lowest BCUT2D eigenvalue weighted by Crippen LogP contribution is -2.55. The Balaban J connectivity index is 1.48. The van der Waals surface area contributed by atoms with Crippen LogP contribution in [0.2, 0.25) is 5.02 Å². The third kappa shape index (κ3) is 11.4. The maximum Gasteiger partial charge on any atom is 0.407 e. The van der Waals surface area contributed by atoms with E-state index < -0.39 is 40.5 Å². The number of methoxy groups -OCH3 is 1. The van der Waals surface area contributed by atoms with E-state index in [1.807, 2.05) is 19.2 Å². The number of thiol groups is 1. The largest absolute Gasteiger partial charge is 0.453 e. The van der Waals surface area contributed by atoms with Crippen LogP contribution in [0.25, 0.3) is 0 Å². The van der Waals surface area contributed by atoms with E-state index >= 15 is 4.39 Å². The monoisotopic (exact) mass is 694 g/mol. The number of halogens is 2. The molecule has 2 aliphatic rings. The molecule has 2 heterocycles. The van der Waals surface area contributed by atoms with E-state index in [2.05, 4.69) is 20.9 Å². The number of amides is 2. The van der Waals surface area contributed by atoms with Gasteiger partial charge in [-0.3, -0.25) is 4.79 Å². The minimum Gasteiger partial charge on any atom is -0.453 e. The van der Waals surface area contributed by atoms with Crippen LogP contribution < -0.4 is 16.0 Å². The molecule has 260 valence electrons. The Bertz CT molecular complexity index is 1380. The zero-order valence-electron chi connectivity index (χ0n) is 27.2. The van der Waals surface area contributed by atoms with Crippen LogP contribution in [-0.4, -0.2) is 89.2 Å². The molecule has 0 aliphatic carbocycles. The van der Waals surface area contributed by atoms with Crippen molar-refractivity contribution in [3.63, 3.8) is 0 Å². The predicted molar refractivity (Wildman–Crippen MR) is 182 cm³/mol. The number of anilines is 1. The van der Waals surface area contributed by atoms with Gasteiger partial charge in [0.2, 0.25) is 5.91 Å². The predicted octanol–water partition coefficient (Wildman–Crippen LogP) is 4.87. The molecule has 0 radical (unpaired) electrons. The third-order valence-corrected chi connectivity index (χ3v) is 10.2. The van der Waals surface area contributed by atoms with Crippen LogP contribution >= 0.6 is 11.6 Å². The summed E-state index contributed by atoms with van der Waals surface area (Å²) in [7, 11) is 0.903. The van der Waals surface area contributed by atoms with Gasteiger partial charge in [-0.05, 0) is 94.7 Å². The molecule has 3 unspecified atom stereocenters. The molecular formula is C34H48ClFN4O6S. The fraction of sp³-hybridized carbons (Fsp3) is 0.588. The summed E-state index contributed by atoms with van der Waals surface area (Å²) in [5, 5.41) is 9.76. The average Bonchev–Trinajstić information content (AvgIpc) is 3.05. The van der Waals surface area contributed by atoms with Gasteiger partial charge >= 0.3 is 6.09 Å². The van der Waals surface area contributed by atoms with Gasteiger partial charge in [0.15, 0.2) is 0 Å². The molecule has 10 nitrogen and oxygen atoms in total. The molecule has 5 atom stereocenters. The Kier molecular flexibility index (Phi) is 14.7. The summed E-state index contributed by atoms with van der Waals surface area (Å²) in [5.41, 5.74) is 1.57. The van der Waals surface area contributed by atoms with Crippen molar-refractivity contribution in [2.45, 2.75) is 87.9 Å². The molecule has 13 heteroatoms. The lowest BCUT2D eigenvalue weighted by Gasteiger charge is -2.38. The number of likely N-dealkylation sites (N-methyl/N-ethyl adjacent to an activating group) is 1. The number of rotatable bonds is 15. The minimum atomic E-state index is -2.37. The maximum absolute atomic E-state index is 15.3. The lowest BCUT2D eigenvalue weighted by atomic mass is 9.85. The number of hydrogen-bond donors (Lipinski definition) is 4. The van der Waals surface area contributed by atoms with Crippen molar-refractivity contribution in [1.82, 2.24) is 15.5 Å². The summed E-state index contributed by atoms with van der Waals surface area (Å²) in [6, 6.07) is 11.2. The lowest BCUT2D eigenvalue weighted by molar-refractivity contribution is -0.118. The van der Waals surface area contributed by atoms with Gasteiger partial charge in [-0.1, -0.05) is 29.8 Å². The summed E-state index contributed by atoms with van der Waals surface area (Å²) < 4.78 is 48.0. The quantitative estimate of drug-likeness (QED) is 0.195. The highest BCUT2D eigenvalue weighted by Gasteiger charge is 2.33. The Labute approximate surface area is 284 Å². The molecule has 2 aliphatic heterocycles. The van der Waals surface area contributed by atoms with Crippen molar-refractivity contribution in [3.05, 3.63) is 64.4 Å². The fourth-order valence-electron chi connectivity index (χ4n) is 6.62. The van der Waals surface area contributed by atoms with Crippen LogP contribution in [0.1, 0.15) is 68.4 Å². The number of carbonyl (C=O) groups is 2. The van der Waals surface area contributed by atoms with Crippen molar-refractivity contribution in [2.75, 3.05) is 44.9 Å².